The molecule has 1 saturated heterocycles. The Balaban J connectivity index is 0. The Morgan fingerprint density at radius 1 is 1.50 bits per heavy atom. The Hall–Kier alpha value is 0.470. The molecule has 0 radical (unpaired) electrons. The van der Waals surface area contributed by atoms with Crippen LogP contribution in [-0.4, -0.2) is 12.5 Å². The molecule has 0 aromatic carbocycles. The van der Waals surface area contributed by atoms with E-state index in [4.69, 9.17) is 0 Å². The van der Waals surface area contributed by atoms with Crippen LogP contribution in [0.5, 0.6) is 0 Å². The Morgan fingerprint density at radius 2 is 2.25 bits per heavy atom. The molecule has 0 bridgehead atoms. The van der Waals surface area contributed by atoms with Crippen LogP contribution in [0.15, 0.2) is 0 Å². The van der Waals surface area contributed by atoms with Crippen LogP contribution < -0.4 is 34.9 Å². The van der Waals surface area contributed by atoms with Gasteiger partial charge in [0.2, 0.25) is 5.91 Å². The summed E-state index contributed by atoms with van der Waals surface area (Å²) in [5, 5.41) is 2.74. The van der Waals surface area contributed by atoms with E-state index < -0.39 is 0 Å². The zero-order valence-corrected chi connectivity index (χ0v) is 7.24. The maximum absolute atomic E-state index is 10.4. The van der Waals surface area contributed by atoms with Crippen LogP contribution in [0.1, 0.15) is 20.7 Å². The molecule has 1 rings (SSSR count). The maximum Gasteiger partial charge on any atom is 1.00 e. The molecule has 0 aliphatic carbocycles. The average molecular weight is 123 g/mol. The van der Waals surface area contributed by atoms with E-state index >= 15 is 0 Å². The Bertz CT molecular complexity index is 81.0. The molecule has 0 aromatic heterocycles. The van der Waals surface area contributed by atoms with Crippen LogP contribution in [0.4, 0.5) is 0 Å². The van der Waals surface area contributed by atoms with Gasteiger partial charge >= 0.3 is 29.6 Å². The number of hydrogen-bond acceptors (Lipinski definition) is 1. The van der Waals surface area contributed by atoms with Gasteiger partial charge in [0, 0.05) is 13.0 Å². The summed E-state index contributed by atoms with van der Waals surface area (Å²) in [6.07, 6.45) is 2.97. The third-order valence-corrected chi connectivity index (χ3v) is 1.15. The molecule has 0 aromatic rings. The maximum atomic E-state index is 10.4. The van der Waals surface area contributed by atoms with Gasteiger partial charge in [-0.2, -0.15) is 0 Å². The molecule has 1 aliphatic heterocycles. The first-order chi connectivity index (χ1) is 3.39. The number of rotatable bonds is 0. The van der Waals surface area contributed by atoms with Gasteiger partial charge in [-0.3, -0.25) is 4.79 Å². The third-order valence-electron chi connectivity index (χ3n) is 1.15. The van der Waals surface area contributed by atoms with Crippen molar-refractivity contribution >= 4 is 5.91 Å². The van der Waals surface area contributed by atoms with Crippen LogP contribution in [0.3, 0.4) is 0 Å². The number of carbonyl (C=O) groups is 1. The van der Waals surface area contributed by atoms with Gasteiger partial charge in [-0.1, -0.05) is 0 Å². The zero-order chi connectivity index (χ0) is 5.11. The molecule has 1 N–H and O–H groups in total. The summed E-state index contributed by atoms with van der Waals surface area (Å²) in [7, 11) is 0. The number of carbonyl (C=O) groups excluding carboxylic acids is 1. The predicted octanol–water partition coefficient (Wildman–Crippen LogP) is -2.60. The molecule has 1 aliphatic rings. The molecule has 3 heteroatoms. The molecule has 1 fully saturated rings. The molecule has 1 amide bonds. The standard InChI is InChI=1S/C5H9NO.Na.H/c7-5-3-1-2-4-6-5;;/h1-4H2,(H,6,7);;/q;+1;-1. The van der Waals surface area contributed by atoms with Gasteiger partial charge < -0.3 is 6.74 Å². The number of amides is 1. The minimum Gasteiger partial charge on any atom is -1.00 e. The van der Waals surface area contributed by atoms with Crippen LogP contribution in [-0.2, 0) is 4.79 Å². The molecule has 0 spiro atoms. The molecular formula is C5H10NNaO. The third kappa shape index (κ3) is 2.70. The van der Waals surface area contributed by atoms with Gasteiger partial charge in [-0.25, -0.2) is 0 Å². The molecule has 0 unspecified atom stereocenters. The smallest absolute Gasteiger partial charge is 1.00 e. The van der Waals surface area contributed by atoms with Gasteiger partial charge in [0.15, 0.2) is 0 Å². The molecule has 0 saturated carbocycles. The van der Waals surface area contributed by atoms with Gasteiger partial charge in [0.25, 0.3) is 0 Å². The first-order valence-electron chi connectivity index (χ1n) is 2.66. The van der Waals surface area contributed by atoms with E-state index in [1.807, 2.05) is 0 Å². The van der Waals surface area contributed by atoms with Crippen molar-refractivity contribution in [2.45, 2.75) is 19.3 Å². The quantitative estimate of drug-likeness (QED) is 0.352. The first kappa shape index (κ1) is 8.47. The van der Waals surface area contributed by atoms with E-state index in [0.717, 1.165) is 25.8 Å². The van der Waals surface area contributed by atoms with Crippen LogP contribution in [0, 0.1) is 0 Å². The van der Waals surface area contributed by atoms with Crippen LogP contribution in [0.2, 0.25) is 0 Å². The molecule has 0 atom stereocenters. The summed E-state index contributed by atoms with van der Waals surface area (Å²) in [5.74, 6) is 0.214. The summed E-state index contributed by atoms with van der Waals surface area (Å²) in [5.41, 5.74) is 0. The van der Waals surface area contributed by atoms with E-state index in [-0.39, 0.29) is 36.9 Å². The first-order valence-corrected chi connectivity index (χ1v) is 2.66. The fourth-order valence-electron chi connectivity index (χ4n) is 0.727. The molecule has 42 valence electrons. The SMILES string of the molecule is O=C1CCCCN1.[H-].[Na+]. The largest absolute Gasteiger partial charge is 1.00 e. The second-order valence-corrected chi connectivity index (χ2v) is 1.81. The predicted molar refractivity (Wildman–Crippen MR) is 28.0 cm³/mol. The fraction of sp³-hybridized carbons (Fsp3) is 0.800. The van der Waals surface area contributed by atoms with Crippen molar-refractivity contribution in [3.8, 4) is 0 Å². The number of hydrogen-bond donors (Lipinski definition) is 1. The van der Waals surface area contributed by atoms with Crippen LogP contribution >= 0.6 is 0 Å². The second kappa shape index (κ2) is 4.36. The summed E-state index contributed by atoms with van der Waals surface area (Å²) < 4.78 is 0. The van der Waals surface area contributed by atoms with Crippen molar-refractivity contribution in [3.63, 3.8) is 0 Å². The van der Waals surface area contributed by atoms with Crippen molar-refractivity contribution in [3.05, 3.63) is 0 Å². The van der Waals surface area contributed by atoms with Crippen molar-refractivity contribution in [2.75, 3.05) is 6.54 Å². The normalized spacial score (nSPS) is 18.8. The average Bonchev–Trinajstić information content (AvgIpc) is 1.69. The van der Waals surface area contributed by atoms with Crippen molar-refractivity contribution in [1.29, 1.82) is 0 Å². The second-order valence-electron chi connectivity index (χ2n) is 1.81. The Kier molecular flexibility index (Phi) is 4.61. The van der Waals surface area contributed by atoms with E-state index in [1.54, 1.807) is 0 Å². The Labute approximate surface area is 72.8 Å². The van der Waals surface area contributed by atoms with Crippen LogP contribution in [0.25, 0.3) is 0 Å². The summed E-state index contributed by atoms with van der Waals surface area (Å²) >= 11 is 0. The molecule has 2 nitrogen and oxygen atoms in total. The topological polar surface area (TPSA) is 29.1 Å². The van der Waals surface area contributed by atoms with Gasteiger partial charge in [-0.15, -0.1) is 0 Å². The summed E-state index contributed by atoms with van der Waals surface area (Å²) in [6, 6.07) is 0. The van der Waals surface area contributed by atoms with Crippen molar-refractivity contribution < 1.29 is 35.8 Å². The number of nitrogens with one attached hydrogen (secondary N) is 1. The number of piperidine rings is 1. The van der Waals surface area contributed by atoms with Gasteiger partial charge in [-0.05, 0) is 12.8 Å². The Morgan fingerprint density at radius 3 is 2.50 bits per heavy atom. The van der Waals surface area contributed by atoms with E-state index in [0.29, 0.717) is 0 Å². The molecule has 1 heterocycles. The molecular weight excluding hydrogens is 113 g/mol. The fourth-order valence-corrected chi connectivity index (χ4v) is 0.727. The van der Waals surface area contributed by atoms with Crippen molar-refractivity contribution in [2.24, 2.45) is 0 Å². The van der Waals surface area contributed by atoms with Gasteiger partial charge in [0.1, 0.15) is 0 Å². The van der Waals surface area contributed by atoms with E-state index in [9.17, 15) is 4.79 Å². The minimum absolute atomic E-state index is 0. The minimum atomic E-state index is 0. The monoisotopic (exact) mass is 123 g/mol. The van der Waals surface area contributed by atoms with Gasteiger partial charge in [0.05, 0.1) is 0 Å². The van der Waals surface area contributed by atoms with Crippen molar-refractivity contribution in [1.82, 2.24) is 5.32 Å². The van der Waals surface area contributed by atoms with E-state index in [1.165, 1.54) is 0 Å². The van der Waals surface area contributed by atoms with E-state index in [2.05, 4.69) is 5.32 Å². The molecule has 8 heavy (non-hydrogen) atoms. The zero-order valence-electron chi connectivity index (χ0n) is 6.24. The summed E-state index contributed by atoms with van der Waals surface area (Å²) in [6.45, 7) is 0.888. The summed E-state index contributed by atoms with van der Waals surface area (Å²) in [4.78, 5) is 10.4.